The van der Waals surface area contributed by atoms with Crippen molar-refractivity contribution < 1.29 is 9.53 Å². The summed E-state index contributed by atoms with van der Waals surface area (Å²) >= 11 is 0. The van der Waals surface area contributed by atoms with Crippen LogP contribution in [0.2, 0.25) is 0 Å². The van der Waals surface area contributed by atoms with Gasteiger partial charge in [0.15, 0.2) is 11.2 Å². The summed E-state index contributed by atoms with van der Waals surface area (Å²) in [4.78, 5) is 42.0. The number of imidazole rings is 1. The zero-order valence-electron chi connectivity index (χ0n) is 17.2. The Morgan fingerprint density at radius 3 is 2.53 bits per heavy atom. The van der Waals surface area contributed by atoms with Gasteiger partial charge in [0, 0.05) is 14.1 Å². The molecule has 1 aliphatic heterocycles. The molecule has 156 valence electrons. The number of rotatable bonds is 4. The third-order valence-electron chi connectivity index (χ3n) is 5.30. The van der Waals surface area contributed by atoms with Gasteiger partial charge in [-0.25, -0.2) is 9.80 Å². The predicted molar refractivity (Wildman–Crippen MR) is 112 cm³/mol. The van der Waals surface area contributed by atoms with Crippen LogP contribution in [-0.2, 0) is 30.2 Å². The molecule has 0 fully saturated rings. The molecule has 0 aliphatic carbocycles. The summed E-state index contributed by atoms with van der Waals surface area (Å²) in [6.07, 6.45) is 0. The van der Waals surface area contributed by atoms with Crippen LogP contribution < -0.4 is 16.3 Å². The average molecular weight is 410 g/mol. The minimum Gasteiger partial charge on any atom is -0.459 e. The third-order valence-corrected chi connectivity index (χ3v) is 5.30. The molecule has 10 nitrogen and oxygen atoms in total. The van der Waals surface area contributed by atoms with Crippen molar-refractivity contribution in [2.75, 3.05) is 11.6 Å². The summed E-state index contributed by atoms with van der Waals surface area (Å²) in [5.74, 6) is -0.164. The minimum atomic E-state index is -0.481. The lowest BCUT2D eigenvalue weighted by Gasteiger charge is -2.28. The number of aryl methyl sites for hydroxylation is 1. The first-order chi connectivity index (χ1) is 14.3. The van der Waals surface area contributed by atoms with Crippen LogP contribution in [0, 0.1) is 0 Å². The standard InChI is InChI=1S/C20H22N6O4/c1-12-13(2)26-16-17(23(3)20(29)24(4)18(16)28)21-19(26)25(22-12)10-15(27)30-11-14-8-6-5-7-9-14/h5-9,13H,10-11H2,1-4H3/t13-/m1/s1. The van der Waals surface area contributed by atoms with Gasteiger partial charge < -0.3 is 4.74 Å². The summed E-state index contributed by atoms with van der Waals surface area (Å²) in [7, 11) is 2.98. The highest BCUT2D eigenvalue weighted by atomic mass is 16.5. The van der Waals surface area contributed by atoms with Crippen LogP contribution in [0.1, 0.15) is 25.5 Å². The number of anilines is 1. The van der Waals surface area contributed by atoms with Gasteiger partial charge in [0.2, 0.25) is 5.95 Å². The second kappa shape index (κ2) is 7.29. The fourth-order valence-corrected chi connectivity index (χ4v) is 3.47. The lowest BCUT2D eigenvalue weighted by atomic mass is 10.2. The van der Waals surface area contributed by atoms with E-state index in [1.807, 2.05) is 44.2 Å². The van der Waals surface area contributed by atoms with E-state index in [2.05, 4.69) is 10.1 Å². The maximum Gasteiger partial charge on any atom is 0.332 e. The molecule has 3 aromatic rings. The normalized spacial score (nSPS) is 15.8. The number of carbonyl (C=O) groups excluding carboxylic acids is 1. The molecule has 30 heavy (non-hydrogen) atoms. The Labute approximate surface area is 171 Å². The zero-order chi connectivity index (χ0) is 21.6. The number of aromatic nitrogens is 4. The number of benzene rings is 1. The Balaban J connectivity index is 1.71. The zero-order valence-corrected chi connectivity index (χ0v) is 17.2. The van der Waals surface area contributed by atoms with Gasteiger partial charge >= 0.3 is 11.7 Å². The van der Waals surface area contributed by atoms with Gasteiger partial charge in [0.25, 0.3) is 5.56 Å². The summed E-state index contributed by atoms with van der Waals surface area (Å²) in [5, 5.41) is 5.88. The van der Waals surface area contributed by atoms with Crippen molar-refractivity contribution >= 4 is 28.8 Å². The molecule has 3 heterocycles. The topological polar surface area (TPSA) is 104 Å². The lowest BCUT2D eigenvalue weighted by Crippen LogP contribution is -2.39. The minimum absolute atomic E-state index is 0.151. The van der Waals surface area contributed by atoms with Gasteiger partial charge in [0.1, 0.15) is 13.2 Å². The number of ether oxygens (including phenoxy) is 1. The number of hydrogen-bond donors (Lipinski definition) is 0. The lowest BCUT2D eigenvalue weighted by molar-refractivity contribution is -0.143. The number of nitrogens with zero attached hydrogens (tertiary/aromatic N) is 6. The summed E-state index contributed by atoms with van der Waals surface area (Å²) in [5.41, 5.74) is 1.20. The molecule has 0 saturated carbocycles. The van der Waals surface area contributed by atoms with E-state index < -0.39 is 17.2 Å². The van der Waals surface area contributed by atoms with E-state index in [1.54, 1.807) is 11.6 Å². The van der Waals surface area contributed by atoms with Crippen molar-refractivity contribution in [1.29, 1.82) is 0 Å². The number of hydrazone groups is 1. The molecule has 0 unspecified atom stereocenters. The number of esters is 1. The van der Waals surface area contributed by atoms with Crippen LogP contribution in [0.4, 0.5) is 5.95 Å². The number of hydrogen-bond acceptors (Lipinski definition) is 7. The Hall–Kier alpha value is -3.69. The maximum atomic E-state index is 12.8. The van der Waals surface area contributed by atoms with Gasteiger partial charge in [0.05, 0.1) is 11.8 Å². The molecule has 0 bridgehead atoms. The molecule has 2 aromatic heterocycles. The molecule has 0 N–H and O–H groups in total. The second-order valence-electron chi connectivity index (χ2n) is 7.28. The Morgan fingerprint density at radius 1 is 1.13 bits per heavy atom. The first-order valence-electron chi connectivity index (χ1n) is 9.49. The SMILES string of the molecule is CC1=NN(CC(=O)OCc2ccccc2)c2nc3c(c(=O)n(C)c(=O)n3C)n2[C@@H]1C. The van der Waals surface area contributed by atoms with Gasteiger partial charge in [-0.1, -0.05) is 30.3 Å². The van der Waals surface area contributed by atoms with Crippen molar-refractivity contribution in [2.24, 2.45) is 19.2 Å². The molecular weight excluding hydrogens is 388 g/mol. The van der Waals surface area contributed by atoms with Crippen LogP contribution in [-0.4, -0.2) is 36.9 Å². The highest BCUT2D eigenvalue weighted by Gasteiger charge is 2.31. The molecule has 0 spiro atoms. The molecule has 4 rings (SSSR count). The van der Waals surface area contributed by atoms with E-state index in [1.165, 1.54) is 16.6 Å². The smallest absolute Gasteiger partial charge is 0.332 e. The highest BCUT2D eigenvalue weighted by molar-refractivity contribution is 5.92. The highest BCUT2D eigenvalue weighted by Crippen LogP contribution is 2.29. The van der Waals surface area contributed by atoms with E-state index in [9.17, 15) is 14.4 Å². The summed E-state index contributed by atoms with van der Waals surface area (Å²) in [6.45, 7) is 3.68. The average Bonchev–Trinajstić information content (AvgIpc) is 3.15. The van der Waals surface area contributed by atoms with Crippen LogP contribution in [0.3, 0.4) is 0 Å². The second-order valence-corrected chi connectivity index (χ2v) is 7.28. The van der Waals surface area contributed by atoms with E-state index in [-0.39, 0.29) is 24.8 Å². The predicted octanol–water partition coefficient (Wildman–Crippen LogP) is 0.934. The first-order valence-corrected chi connectivity index (χ1v) is 9.49. The molecule has 0 saturated heterocycles. The van der Waals surface area contributed by atoms with E-state index >= 15 is 0 Å². The fourth-order valence-electron chi connectivity index (χ4n) is 3.47. The van der Waals surface area contributed by atoms with Gasteiger partial charge in [-0.15, -0.1) is 0 Å². The molecule has 1 aliphatic rings. The van der Waals surface area contributed by atoms with Crippen LogP contribution in [0.15, 0.2) is 45.0 Å². The van der Waals surface area contributed by atoms with Gasteiger partial charge in [-0.3, -0.25) is 23.3 Å². The molecular formula is C20H22N6O4. The van der Waals surface area contributed by atoms with Crippen LogP contribution >= 0.6 is 0 Å². The van der Waals surface area contributed by atoms with Crippen molar-refractivity contribution in [3.05, 3.63) is 56.7 Å². The quantitative estimate of drug-likeness (QED) is 0.593. The van der Waals surface area contributed by atoms with E-state index in [4.69, 9.17) is 4.74 Å². The Bertz CT molecular complexity index is 1280. The third kappa shape index (κ3) is 3.10. The Kier molecular flexibility index (Phi) is 4.76. The fraction of sp³-hybridized carbons (Fsp3) is 0.350. The van der Waals surface area contributed by atoms with Crippen LogP contribution in [0.25, 0.3) is 11.2 Å². The number of fused-ring (bicyclic) bond motifs is 3. The summed E-state index contributed by atoms with van der Waals surface area (Å²) in [6, 6.07) is 9.11. The van der Waals surface area contributed by atoms with Gasteiger partial charge in [-0.05, 0) is 19.4 Å². The van der Waals surface area contributed by atoms with Crippen molar-refractivity contribution in [3.63, 3.8) is 0 Å². The first kappa shape index (κ1) is 19.6. The van der Waals surface area contributed by atoms with E-state index in [0.29, 0.717) is 17.2 Å². The molecule has 10 heteroatoms. The monoisotopic (exact) mass is 410 g/mol. The molecule has 0 radical (unpaired) electrons. The van der Waals surface area contributed by atoms with E-state index in [0.717, 1.165) is 10.1 Å². The largest absolute Gasteiger partial charge is 0.459 e. The van der Waals surface area contributed by atoms with Crippen LogP contribution in [0.5, 0.6) is 0 Å². The van der Waals surface area contributed by atoms with Crippen molar-refractivity contribution in [2.45, 2.75) is 26.5 Å². The van der Waals surface area contributed by atoms with Crippen molar-refractivity contribution in [1.82, 2.24) is 18.7 Å². The molecule has 1 aromatic carbocycles. The Morgan fingerprint density at radius 2 is 1.83 bits per heavy atom. The molecule has 1 atom stereocenters. The molecule has 0 amide bonds. The van der Waals surface area contributed by atoms with Gasteiger partial charge in [-0.2, -0.15) is 10.1 Å². The maximum absolute atomic E-state index is 12.8. The summed E-state index contributed by atoms with van der Waals surface area (Å²) < 4.78 is 9.43. The van der Waals surface area contributed by atoms with Crippen molar-refractivity contribution in [3.8, 4) is 0 Å². The number of carbonyl (C=O) groups is 1.